The summed E-state index contributed by atoms with van der Waals surface area (Å²) in [5.41, 5.74) is -1.56. The Morgan fingerprint density at radius 2 is 1.73 bits per heavy atom. The fraction of sp³-hybridized carbons (Fsp3) is 1.00. The SMILES string of the molecule is CC(C)C1(C(F)(F)F)COC1. The minimum Gasteiger partial charge on any atom is -0.379 e. The molecule has 1 fully saturated rings. The maximum Gasteiger partial charge on any atom is 0.399 e. The predicted octanol–water partition coefficient (Wildman–Crippen LogP) is 2.22. The van der Waals surface area contributed by atoms with Gasteiger partial charge in [0.2, 0.25) is 0 Å². The maximum atomic E-state index is 12.3. The van der Waals surface area contributed by atoms with Crippen molar-refractivity contribution in [1.82, 2.24) is 0 Å². The van der Waals surface area contributed by atoms with Gasteiger partial charge in [0, 0.05) is 0 Å². The van der Waals surface area contributed by atoms with E-state index in [2.05, 4.69) is 4.74 Å². The second kappa shape index (κ2) is 2.37. The van der Waals surface area contributed by atoms with Crippen molar-refractivity contribution in [2.75, 3.05) is 13.2 Å². The van der Waals surface area contributed by atoms with Gasteiger partial charge in [0.15, 0.2) is 0 Å². The molecule has 0 aromatic rings. The van der Waals surface area contributed by atoms with E-state index in [-0.39, 0.29) is 13.2 Å². The third-order valence-corrected chi connectivity index (χ3v) is 2.39. The van der Waals surface area contributed by atoms with Crippen LogP contribution < -0.4 is 0 Å². The Morgan fingerprint density at radius 1 is 1.27 bits per heavy atom. The summed E-state index contributed by atoms with van der Waals surface area (Å²) < 4.78 is 41.6. The molecule has 0 aromatic heterocycles. The van der Waals surface area contributed by atoms with Gasteiger partial charge in [0.25, 0.3) is 0 Å². The first-order chi connectivity index (χ1) is 4.90. The number of ether oxygens (including phenoxy) is 1. The van der Waals surface area contributed by atoms with E-state index in [1.54, 1.807) is 13.8 Å². The molecule has 0 radical (unpaired) electrons. The van der Waals surface area contributed by atoms with E-state index in [1.807, 2.05) is 0 Å². The Bertz CT molecular complexity index is 146. The first kappa shape index (κ1) is 8.84. The van der Waals surface area contributed by atoms with Gasteiger partial charge in [-0.15, -0.1) is 0 Å². The zero-order valence-corrected chi connectivity index (χ0v) is 6.53. The van der Waals surface area contributed by atoms with Gasteiger partial charge in [-0.2, -0.15) is 13.2 Å². The van der Waals surface area contributed by atoms with Gasteiger partial charge in [0.05, 0.1) is 13.2 Å². The maximum absolute atomic E-state index is 12.3. The lowest BCUT2D eigenvalue weighted by molar-refractivity contribution is -0.318. The van der Waals surface area contributed by atoms with Crippen molar-refractivity contribution in [3.8, 4) is 0 Å². The van der Waals surface area contributed by atoms with Crippen molar-refractivity contribution >= 4 is 0 Å². The van der Waals surface area contributed by atoms with Gasteiger partial charge in [-0.25, -0.2) is 0 Å². The average molecular weight is 168 g/mol. The lowest BCUT2D eigenvalue weighted by Crippen LogP contribution is -2.56. The van der Waals surface area contributed by atoms with Crippen molar-refractivity contribution < 1.29 is 17.9 Å². The zero-order chi connectivity index (χ0) is 8.70. The van der Waals surface area contributed by atoms with Crippen LogP contribution in [0.25, 0.3) is 0 Å². The number of hydrogen-bond donors (Lipinski definition) is 0. The molecule has 0 aliphatic carbocycles. The number of hydrogen-bond acceptors (Lipinski definition) is 1. The van der Waals surface area contributed by atoms with Crippen molar-refractivity contribution in [3.05, 3.63) is 0 Å². The van der Waals surface area contributed by atoms with E-state index in [0.29, 0.717) is 0 Å². The molecule has 1 aliphatic heterocycles. The second-order valence-corrected chi connectivity index (χ2v) is 3.30. The van der Waals surface area contributed by atoms with E-state index in [1.165, 1.54) is 0 Å². The molecule has 1 heterocycles. The number of halogens is 3. The fourth-order valence-corrected chi connectivity index (χ4v) is 1.15. The minimum absolute atomic E-state index is 0.172. The van der Waals surface area contributed by atoms with Crippen molar-refractivity contribution in [3.63, 3.8) is 0 Å². The summed E-state index contributed by atoms with van der Waals surface area (Å²) >= 11 is 0. The van der Waals surface area contributed by atoms with Crippen LogP contribution in [0, 0.1) is 11.3 Å². The molecule has 11 heavy (non-hydrogen) atoms. The van der Waals surface area contributed by atoms with Crippen LogP contribution in [0.4, 0.5) is 13.2 Å². The molecule has 0 spiro atoms. The van der Waals surface area contributed by atoms with Crippen LogP contribution in [0.1, 0.15) is 13.8 Å². The summed E-state index contributed by atoms with van der Waals surface area (Å²) in [5, 5.41) is 0. The summed E-state index contributed by atoms with van der Waals surface area (Å²) in [6.45, 7) is 2.81. The van der Waals surface area contributed by atoms with Gasteiger partial charge in [-0.05, 0) is 5.92 Å². The van der Waals surface area contributed by atoms with E-state index in [9.17, 15) is 13.2 Å². The fourth-order valence-electron chi connectivity index (χ4n) is 1.15. The highest BCUT2D eigenvalue weighted by Crippen LogP contribution is 2.49. The van der Waals surface area contributed by atoms with Gasteiger partial charge >= 0.3 is 6.18 Å². The van der Waals surface area contributed by atoms with Gasteiger partial charge in [0.1, 0.15) is 5.41 Å². The Balaban J connectivity index is 2.76. The molecule has 0 atom stereocenters. The van der Waals surface area contributed by atoms with Crippen molar-refractivity contribution in [2.45, 2.75) is 20.0 Å². The topological polar surface area (TPSA) is 9.23 Å². The molecule has 1 aliphatic rings. The molecule has 0 saturated carbocycles. The molecular weight excluding hydrogens is 157 g/mol. The standard InChI is InChI=1S/C7H11F3O/c1-5(2)6(3-11-4-6)7(8,9)10/h5H,3-4H2,1-2H3. The van der Waals surface area contributed by atoms with Crippen LogP contribution in [0.3, 0.4) is 0 Å². The Hall–Kier alpha value is -0.250. The van der Waals surface area contributed by atoms with Crippen molar-refractivity contribution in [2.24, 2.45) is 11.3 Å². The molecule has 66 valence electrons. The van der Waals surface area contributed by atoms with E-state index in [0.717, 1.165) is 0 Å². The second-order valence-electron chi connectivity index (χ2n) is 3.30. The molecule has 1 nitrogen and oxygen atoms in total. The molecule has 0 N–H and O–H groups in total. The van der Waals surface area contributed by atoms with Gasteiger partial charge in [-0.1, -0.05) is 13.8 Å². The first-order valence-electron chi connectivity index (χ1n) is 3.54. The Kier molecular flexibility index (Phi) is 1.90. The smallest absolute Gasteiger partial charge is 0.379 e. The summed E-state index contributed by atoms with van der Waals surface area (Å²) in [6.07, 6.45) is -4.11. The average Bonchev–Trinajstić information content (AvgIpc) is 1.52. The third kappa shape index (κ3) is 1.13. The van der Waals surface area contributed by atoms with Gasteiger partial charge in [-0.3, -0.25) is 0 Å². The third-order valence-electron chi connectivity index (χ3n) is 2.39. The predicted molar refractivity (Wildman–Crippen MR) is 34.1 cm³/mol. The largest absolute Gasteiger partial charge is 0.399 e. The van der Waals surface area contributed by atoms with Crippen LogP contribution in [0.2, 0.25) is 0 Å². The Morgan fingerprint density at radius 3 is 1.73 bits per heavy atom. The van der Waals surface area contributed by atoms with Crippen molar-refractivity contribution in [1.29, 1.82) is 0 Å². The molecule has 0 amide bonds. The van der Waals surface area contributed by atoms with E-state index in [4.69, 9.17) is 0 Å². The minimum atomic E-state index is -4.11. The summed E-state index contributed by atoms with van der Waals surface area (Å²) in [6, 6.07) is 0. The highest BCUT2D eigenvalue weighted by Gasteiger charge is 2.61. The van der Waals surface area contributed by atoms with Crippen LogP contribution in [0.5, 0.6) is 0 Å². The van der Waals surface area contributed by atoms with E-state index >= 15 is 0 Å². The lowest BCUT2D eigenvalue weighted by atomic mass is 9.75. The van der Waals surface area contributed by atoms with Gasteiger partial charge < -0.3 is 4.74 Å². The van der Waals surface area contributed by atoms with Crippen LogP contribution in [-0.2, 0) is 4.74 Å². The highest BCUT2D eigenvalue weighted by atomic mass is 19.4. The molecule has 1 saturated heterocycles. The molecule has 0 aromatic carbocycles. The first-order valence-corrected chi connectivity index (χ1v) is 3.54. The summed E-state index contributed by atoms with van der Waals surface area (Å²) in [7, 11) is 0. The normalized spacial score (nSPS) is 23.5. The van der Waals surface area contributed by atoms with Crippen LogP contribution >= 0.6 is 0 Å². The number of rotatable bonds is 1. The molecule has 1 rings (SSSR count). The molecule has 4 heteroatoms. The van der Waals surface area contributed by atoms with Crippen LogP contribution in [0.15, 0.2) is 0 Å². The van der Waals surface area contributed by atoms with E-state index < -0.39 is 17.5 Å². The summed E-state index contributed by atoms with van der Waals surface area (Å²) in [4.78, 5) is 0. The summed E-state index contributed by atoms with van der Waals surface area (Å²) in [5.74, 6) is -0.392. The molecule has 0 unspecified atom stereocenters. The van der Waals surface area contributed by atoms with Crippen LogP contribution in [-0.4, -0.2) is 19.4 Å². The molecule has 0 bridgehead atoms. The quantitative estimate of drug-likeness (QED) is 0.583. The zero-order valence-electron chi connectivity index (χ0n) is 6.53. The lowest BCUT2D eigenvalue weighted by Gasteiger charge is -2.45. The highest BCUT2D eigenvalue weighted by molar-refractivity contribution is 4.94. The Labute approximate surface area is 63.5 Å². The number of alkyl halides is 3. The monoisotopic (exact) mass is 168 g/mol. The molecular formula is C7H11F3O.